The molecule has 130 valence electrons. The van der Waals surface area contributed by atoms with Crippen LogP contribution >= 0.6 is 0 Å². The molecule has 3 rings (SSSR count). The second-order valence-corrected chi connectivity index (χ2v) is 7.40. The quantitative estimate of drug-likeness (QED) is 0.577. The summed E-state index contributed by atoms with van der Waals surface area (Å²) in [4.78, 5) is 24.6. The Morgan fingerprint density at radius 1 is 0.957 bits per heavy atom. The monoisotopic (exact) mass is 326 g/mol. The summed E-state index contributed by atoms with van der Waals surface area (Å²) in [7, 11) is 0. The Hall–Kier alpha value is -1.18. The van der Waals surface area contributed by atoms with E-state index in [2.05, 4.69) is 10.2 Å². The smallest absolute Gasteiger partial charge is 0.320 e. The Morgan fingerprint density at radius 2 is 1.74 bits per heavy atom. The van der Waals surface area contributed by atoms with E-state index in [0.29, 0.717) is 37.8 Å². The average Bonchev–Trinajstić information content (AvgIpc) is 2.53. The minimum Gasteiger partial charge on any atom is -0.481 e. The fourth-order valence-electron chi connectivity index (χ4n) is 4.64. The van der Waals surface area contributed by atoms with Crippen molar-refractivity contribution in [3.8, 4) is 0 Å². The van der Waals surface area contributed by atoms with E-state index < -0.39 is 30.0 Å². The number of aliphatic hydroxyl groups excluding tert-OH is 1. The predicted octanol–water partition coefficient (Wildman–Crippen LogP) is -0.0148. The molecule has 7 heteroatoms. The molecule has 1 saturated carbocycles. The Balaban J connectivity index is 1.63. The highest BCUT2D eigenvalue weighted by molar-refractivity contribution is 5.73. The fraction of sp³-hybridized carbons (Fsp3) is 0.875. The molecule has 0 aromatic rings. The number of piperidine rings is 2. The van der Waals surface area contributed by atoms with E-state index >= 15 is 0 Å². The summed E-state index contributed by atoms with van der Waals surface area (Å²) in [5.74, 6) is -1.23. The van der Waals surface area contributed by atoms with Crippen molar-refractivity contribution in [2.24, 2.45) is 17.8 Å². The van der Waals surface area contributed by atoms with Gasteiger partial charge in [-0.1, -0.05) is 0 Å². The normalized spacial score (nSPS) is 42.0. The first-order valence-electron chi connectivity index (χ1n) is 8.55. The summed E-state index contributed by atoms with van der Waals surface area (Å²) < 4.78 is 0. The highest BCUT2D eigenvalue weighted by Gasteiger charge is 2.41. The third-order valence-electron chi connectivity index (χ3n) is 5.90. The van der Waals surface area contributed by atoms with Crippen LogP contribution in [-0.2, 0) is 9.59 Å². The van der Waals surface area contributed by atoms with E-state index in [1.165, 1.54) is 0 Å². The van der Waals surface area contributed by atoms with Crippen LogP contribution < -0.4 is 5.32 Å². The van der Waals surface area contributed by atoms with Crippen LogP contribution in [0.25, 0.3) is 0 Å². The highest BCUT2D eigenvalue weighted by atomic mass is 16.4. The van der Waals surface area contributed by atoms with Gasteiger partial charge in [-0.05, 0) is 50.5 Å². The number of carbonyl (C=O) groups is 2. The van der Waals surface area contributed by atoms with Gasteiger partial charge in [-0.15, -0.1) is 0 Å². The second-order valence-electron chi connectivity index (χ2n) is 7.40. The average molecular weight is 326 g/mol. The number of fused-ring (bicyclic) bond motifs is 1. The lowest BCUT2D eigenvalue weighted by Crippen LogP contribution is -2.55. The SMILES string of the molecule is O=C(O)[C@H]1C[C@@H](O)CN([C@H]2CC[C@H]3CN[C@H](C(=O)O)C[C@H]3C2)C1. The van der Waals surface area contributed by atoms with Crippen LogP contribution in [0.3, 0.4) is 0 Å². The molecule has 3 aliphatic rings. The molecule has 3 fully saturated rings. The van der Waals surface area contributed by atoms with Crippen molar-refractivity contribution in [3.63, 3.8) is 0 Å². The van der Waals surface area contributed by atoms with Gasteiger partial charge in [0.2, 0.25) is 0 Å². The first kappa shape index (κ1) is 16.7. The number of aliphatic hydroxyl groups is 1. The van der Waals surface area contributed by atoms with E-state index in [1.807, 2.05) is 0 Å². The van der Waals surface area contributed by atoms with Gasteiger partial charge < -0.3 is 20.6 Å². The predicted molar refractivity (Wildman–Crippen MR) is 82.0 cm³/mol. The van der Waals surface area contributed by atoms with Crippen LogP contribution in [0.5, 0.6) is 0 Å². The number of aliphatic carboxylic acids is 2. The number of likely N-dealkylation sites (tertiary alicyclic amines) is 1. The zero-order chi connectivity index (χ0) is 16.6. The molecule has 0 spiro atoms. The van der Waals surface area contributed by atoms with E-state index in [4.69, 9.17) is 0 Å². The van der Waals surface area contributed by atoms with E-state index in [-0.39, 0.29) is 6.04 Å². The maximum atomic E-state index is 11.3. The summed E-state index contributed by atoms with van der Waals surface area (Å²) in [5.41, 5.74) is 0. The third-order valence-corrected chi connectivity index (χ3v) is 5.90. The molecular formula is C16H26N2O5. The lowest BCUT2D eigenvalue weighted by Gasteiger charge is -2.47. The van der Waals surface area contributed by atoms with Gasteiger partial charge in [-0.2, -0.15) is 0 Å². The molecular weight excluding hydrogens is 300 g/mol. The Morgan fingerprint density at radius 3 is 2.43 bits per heavy atom. The number of hydrogen-bond acceptors (Lipinski definition) is 5. The van der Waals surface area contributed by atoms with Crippen molar-refractivity contribution in [2.45, 2.75) is 50.3 Å². The minimum absolute atomic E-state index is 0.264. The molecule has 0 amide bonds. The molecule has 6 atom stereocenters. The van der Waals surface area contributed by atoms with Crippen LogP contribution in [0.15, 0.2) is 0 Å². The maximum Gasteiger partial charge on any atom is 0.320 e. The lowest BCUT2D eigenvalue weighted by atomic mass is 9.71. The summed E-state index contributed by atoms with van der Waals surface area (Å²) in [5, 5.41) is 31.5. The number of carboxylic acids is 2. The van der Waals surface area contributed by atoms with Crippen molar-refractivity contribution >= 4 is 11.9 Å². The van der Waals surface area contributed by atoms with Gasteiger partial charge in [0.25, 0.3) is 0 Å². The molecule has 0 radical (unpaired) electrons. The number of β-amino-alcohol motifs (C(OH)–C–C–N with tert-alkyl or cyclic N) is 1. The van der Waals surface area contributed by atoms with Crippen molar-refractivity contribution in [1.29, 1.82) is 0 Å². The van der Waals surface area contributed by atoms with Gasteiger partial charge in [0.05, 0.1) is 12.0 Å². The maximum absolute atomic E-state index is 11.3. The first-order chi connectivity index (χ1) is 10.9. The largest absolute Gasteiger partial charge is 0.481 e. The Kier molecular flexibility index (Phi) is 4.89. The van der Waals surface area contributed by atoms with Crippen LogP contribution in [0.4, 0.5) is 0 Å². The van der Waals surface area contributed by atoms with Crippen molar-refractivity contribution in [3.05, 3.63) is 0 Å². The van der Waals surface area contributed by atoms with Crippen molar-refractivity contribution < 1.29 is 24.9 Å². The zero-order valence-corrected chi connectivity index (χ0v) is 13.2. The standard InChI is InChI=1S/C16H26N2O5/c19-13-4-11(15(20)21)7-18(8-13)12-2-1-9-6-17-14(16(22)23)5-10(9)3-12/h9-14,17,19H,1-8H2,(H,20,21)(H,22,23)/t9-,10+,11-,12-,13+,14-/m0/s1. The number of rotatable bonds is 3. The molecule has 4 N–H and O–H groups in total. The van der Waals surface area contributed by atoms with Crippen LogP contribution in [0, 0.1) is 17.8 Å². The second kappa shape index (κ2) is 6.75. The topological polar surface area (TPSA) is 110 Å². The summed E-state index contributed by atoms with van der Waals surface area (Å²) in [6, 6.07) is -0.200. The molecule has 0 aromatic carbocycles. The number of nitrogens with one attached hydrogen (secondary N) is 1. The molecule has 2 saturated heterocycles. The van der Waals surface area contributed by atoms with Gasteiger partial charge >= 0.3 is 11.9 Å². The highest BCUT2D eigenvalue weighted by Crippen LogP contribution is 2.38. The zero-order valence-electron chi connectivity index (χ0n) is 13.2. The summed E-state index contributed by atoms with van der Waals surface area (Å²) >= 11 is 0. The van der Waals surface area contributed by atoms with Crippen molar-refractivity contribution in [1.82, 2.24) is 10.2 Å². The van der Waals surface area contributed by atoms with Crippen LogP contribution in [-0.4, -0.2) is 70.0 Å². The summed E-state index contributed by atoms with van der Waals surface area (Å²) in [6.45, 7) is 1.79. The van der Waals surface area contributed by atoms with Crippen LogP contribution in [0.1, 0.15) is 32.1 Å². The molecule has 23 heavy (non-hydrogen) atoms. The summed E-state index contributed by atoms with van der Waals surface area (Å²) in [6.07, 6.45) is 3.35. The molecule has 2 aliphatic heterocycles. The molecule has 0 bridgehead atoms. The van der Waals surface area contributed by atoms with E-state index in [0.717, 1.165) is 25.8 Å². The first-order valence-corrected chi connectivity index (χ1v) is 8.55. The van der Waals surface area contributed by atoms with E-state index in [9.17, 15) is 24.9 Å². The molecule has 0 aromatic heterocycles. The number of nitrogens with zero attached hydrogens (tertiary/aromatic N) is 1. The van der Waals surface area contributed by atoms with Crippen molar-refractivity contribution in [2.75, 3.05) is 19.6 Å². The van der Waals surface area contributed by atoms with E-state index in [1.54, 1.807) is 0 Å². The minimum atomic E-state index is -0.838. The molecule has 0 unspecified atom stereocenters. The van der Waals surface area contributed by atoms with Crippen LogP contribution in [0.2, 0.25) is 0 Å². The molecule has 7 nitrogen and oxygen atoms in total. The number of hydrogen-bond donors (Lipinski definition) is 4. The third kappa shape index (κ3) is 3.67. The Labute approximate surface area is 135 Å². The van der Waals surface area contributed by atoms with Gasteiger partial charge in [-0.25, -0.2) is 0 Å². The van der Waals surface area contributed by atoms with Gasteiger partial charge in [0, 0.05) is 19.1 Å². The Bertz CT molecular complexity index is 471. The van der Waals surface area contributed by atoms with Gasteiger partial charge in [0.1, 0.15) is 6.04 Å². The van der Waals surface area contributed by atoms with Gasteiger partial charge in [0.15, 0.2) is 0 Å². The van der Waals surface area contributed by atoms with Gasteiger partial charge in [-0.3, -0.25) is 14.5 Å². The molecule has 1 aliphatic carbocycles. The lowest BCUT2D eigenvalue weighted by molar-refractivity contribution is -0.147. The number of carboxylic acid groups (broad SMARTS) is 2. The fourth-order valence-corrected chi connectivity index (χ4v) is 4.64. The molecule has 2 heterocycles.